The Morgan fingerprint density at radius 2 is 1.60 bits per heavy atom. The average molecular weight is 586 g/mol. The van der Waals surface area contributed by atoms with Gasteiger partial charge in [0.15, 0.2) is 0 Å². The van der Waals surface area contributed by atoms with E-state index < -0.39 is 34.1 Å². The summed E-state index contributed by atoms with van der Waals surface area (Å²) < 4.78 is 32.1. The van der Waals surface area contributed by atoms with E-state index in [1.807, 2.05) is 57.2 Å². The van der Waals surface area contributed by atoms with Gasteiger partial charge in [-0.1, -0.05) is 60.1 Å². The molecule has 3 rings (SSSR count). The van der Waals surface area contributed by atoms with Crippen LogP contribution in [0.5, 0.6) is 5.75 Å². The first-order valence-corrected chi connectivity index (χ1v) is 15.0. The number of rotatable bonds is 11. The molecule has 0 fully saturated rings. The maximum atomic E-state index is 14.1. The minimum absolute atomic E-state index is 0.0458. The van der Waals surface area contributed by atoms with Gasteiger partial charge in [-0.25, -0.2) is 8.42 Å². The van der Waals surface area contributed by atoms with E-state index in [0.717, 1.165) is 16.1 Å². The lowest BCUT2D eigenvalue weighted by Crippen LogP contribution is -2.56. The molecule has 0 radical (unpaired) electrons. The Morgan fingerprint density at radius 3 is 2.20 bits per heavy atom. The van der Waals surface area contributed by atoms with Gasteiger partial charge >= 0.3 is 0 Å². The maximum absolute atomic E-state index is 14.1. The molecule has 2 amide bonds. The van der Waals surface area contributed by atoms with Crippen molar-refractivity contribution in [2.75, 3.05) is 24.2 Å². The van der Waals surface area contributed by atoms with Gasteiger partial charge in [0.2, 0.25) is 21.8 Å². The van der Waals surface area contributed by atoms with E-state index in [9.17, 15) is 18.0 Å². The lowest BCUT2D eigenvalue weighted by molar-refractivity contribution is -0.140. The van der Waals surface area contributed by atoms with E-state index in [4.69, 9.17) is 16.3 Å². The smallest absolute Gasteiger partial charge is 0.244 e. The maximum Gasteiger partial charge on any atom is 0.244 e. The van der Waals surface area contributed by atoms with Gasteiger partial charge in [-0.3, -0.25) is 13.9 Å². The Morgan fingerprint density at radius 1 is 0.950 bits per heavy atom. The van der Waals surface area contributed by atoms with Crippen LogP contribution < -0.4 is 14.4 Å². The molecule has 0 heterocycles. The van der Waals surface area contributed by atoms with Crippen molar-refractivity contribution in [3.05, 3.63) is 95.0 Å². The molecular weight excluding hydrogens is 550 g/mol. The molecule has 0 bridgehead atoms. The Kier molecular flexibility index (Phi) is 10.2. The molecule has 1 unspecified atom stereocenters. The molecule has 0 aromatic heterocycles. The third-order valence-electron chi connectivity index (χ3n) is 6.03. The zero-order valence-corrected chi connectivity index (χ0v) is 25.0. The van der Waals surface area contributed by atoms with Gasteiger partial charge in [-0.2, -0.15) is 0 Å². The van der Waals surface area contributed by atoms with Crippen LogP contribution in [0.3, 0.4) is 0 Å². The number of nitrogens with zero attached hydrogens (tertiary/aromatic N) is 2. The first kappa shape index (κ1) is 31.0. The van der Waals surface area contributed by atoms with Crippen LogP contribution in [0.1, 0.15) is 31.9 Å². The fourth-order valence-corrected chi connectivity index (χ4v) is 5.27. The first-order chi connectivity index (χ1) is 18.8. The molecule has 3 aromatic carbocycles. The van der Waals surface area contributed by atoms with Crippen molar-refractivity contribution in [1.29, 1.82) is 0 Å². The van der Waals surface area contributed by atoms with Crippen LogP contribution in [-0.4, -0.2) is 56.6 Å². The molecule has 10 heteroatoms. The number of anilines is 1. The molecule has 214 valence electrons. The predicted octanol–water partition coefficient (Wildman–Crippen LogP) is 4.67. The highest BCUT2D eigenvalue weighted by Gasteiger charge is 2.34. The normalized spacial score (nSPS) is 12.3. The monoisotopic (exact) mass is 585 g/mol. The molecule has 0 spiro atoms. The number of sulfonamides is 1. The summed E-state index contributed by atoms with van der Waals surface area (Å²) in [7, 11) is -2.40. The number of halogens is 1. The van der Waals surface area contributed by atoms with Crippen LogP contribution in [0.15, 0.2) is 78.9 Å². The predicted molar refractivity (Wildman–Crippen MR) is 159 cm³/mol. The molecule has 0 saturated carbocycles. The highest BCUT2D eigenvalue weighted by Crippen LogP contribution is 2.24. The number of ether oxygens (including phenoxy) is 1. The largest absolute Gasteiger partial charge is 0.497 e. The highest BCUT2D eigenvalue weighted by molar-refractivity contribution is 7.92. The van der Waals surface area contributed by atoms with Gasteiger partial charge < -0.3 is 15.0 Å². The van der Waals surface area contributed by atoms with Crippen LogP contribution in [0.2, 0.25) is 5.02 Å². The van der Waals surface area contributed by atoms with E-state index >= 15 is 0 Å². The average Bonchev–Trinajstić information content (AvgIpc) is 2.88. The second-order valence-corrected chi connectivity index (χ2v) is 12.9. The molecule has 0 aliphatic heterocycles. The second-order valence-electron chi connectivity index (χ2n) is 10.6. The third kappa shape index (κ3) is 8.99. The standard InChI is InChI=1S/C30H36ClN3O5S/c1-30(2,3)32-29(36)27(18-22-11-7-6-8-12-22)33(20-23-13-9-14-24(31)17-23)28(35)21-34(40(5,37)38)25-15-10-16-26(19-25)39-4/h6-17,19,27H,18,20-21H2,1-5H3,(H,32,36). The fraction of sp³-hybridized carbons (Fsp3) is 0.333. The number of nitrogens with one attached hydrogen (secondary N) is 1. The zero-order valence-electron chi connectivity index (χ0n) is 23.4. The number of hydrogen-bond acceptors (Lipinski definition) is 5. The summed E-state index contributed by atoms with van der Waals surface area (Å²) in [5.74, 6) is -0.446. The number of benzene rings is 3. The topological polar surface area (TPSA) is 96.0 Å². The molecule has 1 atom stereocenters. The van der Waals surface area contributed by atoms with Crippen LogP contribution in [0.4, 0.5) is 5.69 Å². The van der Waals surface area contributed by atoms with Crippen molar-refractivity contribution < 1.29 is 22.7 Å². The van der Waals surface area contributed by atoms with E-state index in [2.05, 4.69) is 5.32 Å². The Hall–Kier alpha value is -3.56. The second kappa shape index (κ2) is 13.2. The lowest BCUT2D eigenvalue weighted by Gasteiger charge is -2.35. The van der Waals surface area contributed by atoms with Crippen LogP contribution >= 0.6 is 11.6 Å². The highest BCUT2D eigenvalue weighted by atomic mass is 35.5. The first-order valence-electron chi connectivity index (χ1n) is 12.8. The summed E-state index contributed by atoms with van der Waals surface area (Å²) in [5, 5.41) is 3.48. The van der Waals surface area contributed by atoms with Gasteiger partial charge in [0, 0.05) is 29.6 Å². The summed E-state index contributed by atoms with van der Waals surface area (Å²) in [4.78, 5) is 29.2. The van der Waals surface area contributed by atoms with Crippen LogP contribution in [-0.2, 0) is 32.6 Å². The summed E-state index contributed by atoms with van der Waals surface area (Å²) in [6.07, 6.45) is 1.27. The third-order valence-corrected chi connectivity index (χ3v) is 7.41. The fourth-order valence-electron chi connectivity index (χ4n) is 4.22. The van der Waals surface area contributed by atoms with E-state index in [1.165, 1.54) is 12.0 Å². The van der Waals surface area contributed by atoms with Crippen molar-refractivity contribution in [3.63, 3.8) is 0 Å². The molecule has 8 nitrogen and oxygen atoms in total. The molecule has 3 aromatic rings. The van der Waals surface area contributed by atoms with Crippen molar-refractivity contribution in [2.24, 2.45) is 0 Å². The van der Waals surface area contributed by atoms with Gasteiger partial charge in [0.1, 0.15) is 18.3 Å². The summed E-state index contributed by atoms with van der Waals surface area (Å²) in [6, 6.07) is 21.9. The van der Waals surface area contributed by atoms with Crippen LogP contribution in [0, 0.1) is 0 Å². The Balaban J connectivity index is 2.08. The summed E-state index contributed by atoms with van der Waals surface area (Å²) in [5.41, 5.74) is 1.27. The molecule has 0 saturated heterocycles. The van der Waals surface area contributed by atoms with Crippen molar-refractivity contribution in [3.8, 4) is 5.75 Å². The summed E-state index contributed by atoms with van der Waals surface area (Å²) in [6.45, 7) is 5.12. The van der Waals surface area contributed by atoms with E-state index in [1.54, 1.807) is 42.5 Å². The van der Waals surface area contributed by atoms with Crippen molar-refractivity contribution in [2.45, 2.75) is 45.3 Å². The van der Waals surface area contributed by atoms with E-state index in [0.29, 0.717) is 16.3 Å². The van der Waals surface area contributed by atoms with Crippen molar-refractivity contribution >= 4 is 39.1 Å². The molecule has 40 heavy (non-hydrogen) atoms. The van der Waals surface area contributed by atoms with Gasteiger partial charge in [-0.15, -0.1) is 0 Å². The molecule has 1 N–H and O–H groups in total. The van der Waals surface area contributed by atoms with Gasteiger partial charge in [0.05, 0.1) is 19.1 Å². The number of methoxy groups -OCH3 is 1. The minimum atomic E-state index is -3.88. The van der Waals surface area contributed by atoms with Crippen LogP contribution in [0.25, 0.3) is 0 Å². The number of carbonyl (C=O) groups excluding carboxylic acids is 2. The zero-order chi connectivity index (χ0) is 29.5. The summed E-state index contributed by atoms with van der Waals surface area (Å²) >= 11 is 6.24. The number of hydrogen-bond donors (Lipinski definition) is 1. The molecule has 0 aliphatic rings. The Bertz CT molecular complexity index is 1420. The minimum Gasteiger partial charge on any atom is -0.497 e. The lowest BCUT2D eigenvalue weighted by atomic mass is 10.0. The molecule has 0 aliphatic carbocycles. The van der Waals surface area contributed by atoms with Gasteiger partial charge in [0.25, 0.3) is 0 Å². The molecular formula is C30H36ClN3O5S. The van der Waals surface area contributed by atoms with E-state index in [-0.39, 0.29) is 24.6 Å². The number of carbonyl (C=O) groups is 2. The van der Waals surface area contributed by atoms with Crippen molar-refractivity contribution in [1.82, 2.24) is 10.2 Å². The Labute approximate surface area is 241 Å². The van der Waals surface area contributed by atoms with Gasteiger partial charge in [-0.05, 0) is 56.2 Å². The quantitative estimate of drug-likeness (QED) is 0.353. The SMILES string of the molecule is COc1cccc(N(CC(=O)N(Cc2cccc(Cl)c2)C(Cc2ccccc2)C(=O)NC(C)(C)C)S(C)(=O)=O)c1. The number of amides is 2.